The van der Waals surface area contributed by atoms with Gasteiger partial charge in [0.15, 0.2) is 0 Å². The summed E-state index contributed by atoms with van der Waals surface area (Å²) in [7, 11) is 0. The van der Waals surface area contributed by atoms with Gasteiger partial charge in [-0.15, -0.1) is 0 Å². The molecule has 7 heteroatoms. The van der Waals surface area contributed by atoms with Gasteiger partial charge in [0.1, 0.15) is 6.04 Å². The first-order valence-corrected chi connectivity index (χ1v) is 6.33. The lowest BCUT2D eigenvalue weighted by atomic mass is 10.1. The van der Waals surface area contributed by atoms with E-state index >= 15 is 0 Å². The Morgan fingerprint density at radius 3 is 2.72 bits per heavy atom. The van der Waals surface area contributed by atoms with Crippen LogP contribution in [0.5, 0.6) is 0 Å². The van der Waals surface area contributed by atoms with Gasteiger partial charge in [-0.1, -0.05) is 0 Å². The van der Waals surface area contributed by atoms with Gasteiger partial charge >= 0.3 is 11.9 Å². The Balaban J connectivity index is 2.58. The standard InChI is InChI=1S/C11H17NO5S/c1-2-17-10(14)4-3-8(11(15)16)12-6-7(18)5-9(12)13/h7-8,18H,2-6H2,1H3,(H,15,16)/t7?,8-/m0/s1. The normalized spacial score (nSPS) is 20.9. The maximum absolute atomic E-state index is 11.6. The van der Waals surface area contributed by atoms with E-state index in [2.05, 4.69) is 12.6 Å². The molecule has 1 amide bonds. The predicted octanol–water partition coefficient (Wildman–Crippen LogP) is 0.314. The topological polar surface area (TPSA) is 83.9 Å². The summed E-state index contributed by atoms with van der Waals surface area (Å²) < 4.78 is 4.73. The van der Waals surface area contributed by atoms with Crippen LogP contribution < -0.4 is 0 Å². The molecule has 1 unspecified atom stereocenters. The largest absolute Gasteiger partial charge is 0.480 e. The lowest BCUT2D eigenvalue weighted by Crippen LogP contribution is -2.42. The van der Waals surface area contributed by atoms with Crippen molar-refractivity contribution in [3.63, 3.8) is 0 Å². The van der Waals surface area contributed by atoms with E-state index in [1.165, 1.54) is 4.90 Å². The van der Waals surface area contributed by atoms with Crippen molar-refractivity contribution >= 4 is 30.5 Å². The molecule has 6 nitrogen and oxygen atoms in total. The zero-order valence-electron chi connectivity index (χ0n) is 10.2. The molecule has 1 aliphatic heterocycles. The molecule has 1 rings (SSSR count). The molecule has 102 valence electrons. The van der Waals surface area contributed by atoms with E-state index in [-0.39, 0.29) is 37.0 Å². The third kappa shape index (κ3) is 3.90. The second-order valence-corrected chi connectivity index (χ2v) is 4.83. The lowest BCUT2D eigenvalue weighted by molar-refractivity contribution is -0.150. The highest BCUT2D eigenvalue weighted by Gasteiger charge is 2.36. The van der Waals surface area contributed by atoms with Gasteiger partial charge in [-0.25, -0.2) is 4.79 Å². The Labute approximate surface area is 111 Å². The minimum absolute atomic E-state index is 0.00811. The number of carbonyl (C=O) groups is 3. The van der Waals surface area contributed by atoms with Crippen LogP contribution in [0.15, 0.2) is 0 Å². The number of carboxylic acid groups (broad SMARTS) is 1. The monoisotopic (exact) mass is 275 g/mol. The minimum atomic E-state index is -1.10. The number of amides is 1. The van der Waals surface area contributed by atoms with Crippen molar-refractivity contribution in [1.29, 1.82) is 0 Å². The molecule has 1 N–H and O–H groups in total. The molecule has 0 saturated carbocycles. The van der Waals surface area contributed by atoms with Crippen molar-refractivity contribution < 1.29 is 24.2 Å². The fourth-order valence-electron chi connectivity index (χ4n) is 1.91. The number of hydrogen-bond donors (Lipinski definition) is 2. The van der Waals surface area contributed by atoms with Crippen LogP contribution in [0, 0.1) is 0 Å². The van der Waals surface area contributed by atoms with Crippen molar-refractivity contribution in [2.45, 2.75) is 37.5 Å². The number of carbonyl (C=O) groups excluding carboxylic acids is 2. The summed E-state index contributed by atoms with van der Waals surface area (Å²) in [6.45, 7) is 2.25. The number of rotatable bonds is 6. The van der Waals surface area contributed by atoms with Crippen molar-refractivity contribution in [2.75, 3.05) is 13.2 Å². The van der Waals surface area contributed by atoms with Crippen LogP contribution in [-0.2, 0) is 19.1 Å². The number of hydrogen-bond acceptors (Lipinski definition) is 5. The van der Waals surface area contributed by atoms with E-state index in [0.717, 1.165) is 0 Å². The highest BCUT2D eigenvalue weighted by Crippen LogP contribution is 2.21. The molecule has 0 aromatic rings. The molecule has 0 bridgehead atoms. The van der Waals surface area contributed by atoms with Crippen LogP contribution in [0.2, 0.25) is 0 Å². The van der Waals surface area contributed by atoms with Gasteiger partial charge in [-0.2, -0.15) is 12.6 Å². The highest BCUT2D eigenvalue weighted by molar-refractivity contribution is 7.81. The molecule has 1 saturated heterocycles. The van der Waals surface area contributed by atoms with Crippen LogP contribution in [0.3, 0.4) is 0 Å². The second-order valence-electron chi connectivity index (χ2n) is 4.10. The first-order chi connectivity index (χ1) is 8.45. The number of ether oxygens (including phenoxy) is 1. The summed E-state index contributed by atoms with van der Waals surface area (Å²) in [5, 5.41) is 8.97. The molecule has 1 aliphatic rings. The number of carboxylic acids is 1. The van der Waals surface area contributed by atoms with E-state index in [9.17, 15) is 14.4 Å². The van der Waals surface area contributed by atoms with Crippen LogP contribution in [0.25, 0.3) is 0 Å². The van der Waals surface area contributed by atoms with Crippen molar-refractivity contribution in [3.8, 4) is 0 Å². The first kappa shape index (κ1) is 14.8. The van der Waals surface area contributed by atoms with Gasteiger partial charge in [-0.05, 0) is 13.3 Å². The zero-order valence-corrected chi connectivity index (χ0v) is 11.1. The van der Waals surface area contributed by atoms with Crippen molar-refractivity contribution in [2.24, 2.45) is 0 Å². The van der Waals surface area contributed by atoms with Crippen LogP contribution in [-0.4, -0.2) is 52.3 Å². The Hall–Kier alpha value is -1.24. The average Bonchev–Trinajstić information content (AvgIpc) is 2.58. The molecule has 0 spiro atoms. The fourth-order valence-corrected chi connectivity index (χ4v) is 2.25. The predicted molar refractivity (Wildman–Crippen MR) is 66.4 cm³/mol. The summed E-state index contributed by atoms with van der Waals surface area (Å²) in [6.07, 6.45) is 0.304. The molecule has 0 aliphatic carbocycles. The van der Waals surface area contributed by atoms with Gasteiger partial charge in [-0.3, -0.25) is 9.59 Å². The Kier molecular flexibility index (Phi) is 5.46. The van der Waals surface area contributed by atoms with Crippen LogP contribution in [0.4, 0.5) is 0 Å². The van der Waals surface area contributed by atoms with Crippen molar-refractivity contribution in [3.05, 3.63) is 0 Å². The lowest BCUT2D eigenvalue weighted by Gasteiger charge is -2.24. The minimum Gasteiger partial charge on any atom is -0.480 e. The summed E-state index contributed by atoms with van der Waals surface area (Å²) in [5.41, 5.74) is 0. The number of thiol groups is 1. The average molecular weight is 275 g/mol. The molecule has 0 radical (unpaired) electrons. The molecular formula is C11H17NO5S. The summed E-state index contributed by atoms with van der Waals surface area (Å²) in [4.78, 5) is 35.2. The molecular weight excluding hydrogens is 258 g/mol. The van der Waals surface area contributed by atoms with Gasteiger partial charge in [0, 0.05) is 24.6 Å². The van der Waals surface area contributed by atoms with E-state index in [1.807, 2.05) is 0 Å². The van der Waals surface area contributed by atoms with Gasteiger partial charge < -0.3 is 14.7 Å². The molecule has 0 aromatic heterocycles. The fraction of sp³-hybridized carbons (Fsp3) is 0.727. The third-order valence-electron chi connectivity index (χ3n) is 2.73. The Morgan fingerprint density at radius 1 is 1.61 bits per heavy atom. The number of esters is 1. The molecule has 0 aromatic carbocycles. The Bertz CT molecular complexity index is 346. The van der Waals surface area contributed by atoms with Crippen LogP contribution in [0.1, 0.15) is 26.2 Å². The molecule has 2 atom stereocenters. The van der Waals surface area contributed by atoms with E-state index < -0.39 is 18.0 Å². The first-order valence-electron chi connectivity index (χ1n) is 5.81. The summed E-state index contributed by atoms with van der Waals surface area (Å²) >= 11 is 4.17. The number of likely N-dealkylation sites (tertiary alicyclic amines) is 1. The third-order valence-corrected chi connectivity index (χ3v) is 3.07. The maximum atomic E-state index is 11.6. The van der Waals surface area contributed by atoms with E-state index in [0.29, 0.717) is 6.54 Å². The number of aliphatic carboxylic acids is 1. The van der Waals surface area contributed by atoms with E-state index in [4.69, 9.17) is 9.84 Å². The van der Waals surface area contributed by atoms with E-state index in [1.54, 1.807) is 6.92 Å². The van der Waals surface area contributed by atoms with Gasteiger partial charge in [0.05, 0.1) is 6.61 Å². The number of nitrogens with zero attached hydrogens (tertiary/aromatic N) is 1. The second kappa shape index (κ2) is 6.63. The zero-order chi connectivity index (χ0) is 13.7. The molecule has 18 heavy (non-hydrogen) atoms. The summed E-state index contributed by atoms with van der Waals surface area (Å²) in [6, 6.07) is -0.973. The van der Waals surface area contributed by atoms with Crippen LogP contribution >= 0.6 is 12.6 Å². The highest BCUT2D eigenvalue weighted by atomic mass is 32.1. The molecule has 1 fully saturated rings. The molecule has 1 heterocycles. The SMILES string of the molecule is CCOC(=O)CC[C@@H](C(=O)O)N1CC(S)CC1=O. The Morgan fingerprint density at radius 2 is 2.28 bits per heavy atom. The van der Waals surface area contributed by atoms with Gasteiger partial charge in [0.2, 0.25) is 5.91 Å². The van der Waals surface area contributed by atoms with Crippen molar-refractivity contribution in [1.82, 2.24) is 4.90 Å². The smallest absolute Gasteiger partial charge is 0.326 e. The maximum Gasteiger partial charge on any atom is 0.326 e. The quantitative estimate of drug-likeness (QED) is 0.538. The van der Waals surface area contributed by atoms with Gasteiger partial charge in [0.25, 0.3) is 0 Å². The summed E-state index contributed by atoms with van der Waals surface area (Å²) in [5.74, 6) is -1.78.